The third-order valence-electron chi connectivity index (χ3n) is 7.29. The normalized spacial score (nSPS) is 13.9. The Bertz CT molecular complexity index is 1400. The highest BCUT2D eigenvalue weighted by molar-refractivity contribution is 5.95. The van der Waals surface area contributed by atoms with Gasteiger partial charge in [-0.3, -0.25) is 4.98 Å². The molecule has 0 amide bonds. The van der Waals surface area contributed by atoms with Crippen molar-refractivity contribution in [3.63, 3.8) is 0 Å². The van der Waals surface area contributed by atoms with Gasteiger partial charge < -0.3 is 5.32 Å². The Hall–Kier alpha value is -3.65. The lowest BCUT2D eigenvalue weighted by Gasteiger charge is -2.30. The molecule has 0 spiro atoms. The number of aryl methyl sites for hydroxylation is 1. The van der Waals surface area contributed by atoms with Gasteiger partial charge in [-0.25, -0.2) is 0 Å². The van der Waals surface area contributed by atoms with Gasteiger partial charge in [0.2, 0.25) is 0 Å². The summed E-state index contributed by atoms with van der Waals surface area (Å²) >= 11 is 0. The molecule has 0 saturated carbocycles. The van der Waals surface area contributed by atoms with Crippen LogP contribution in [-0.2, 0) is 0 Å². The zero-order valence-electron chi connectivity index (χ0n) is 23.8. The van der Waals surface area contributed by atoms with E-state index in [1.54, 1.807) is 0 Å². The molecule has 2 atom stereocenters. The average molecular weight is 503 g/mol. The topological polar surface area (TPSA) is 24.9 Å². The minimum absolute atomic E-state index is 0.0528. The van der Waals surface area contributed by atoms with Crippen LogP contribution < -0.4 is 5.32 Å². The van der Waals surface area contributed by atoms with Gasteiger partial charge in [-0.05, 0) is 66.1 Å². The predicted octanol–water partition coefficient (Wildman–Crippen LogP) is 9.67. The van der Waals surface area contributed by atoms with E-state index in [0.29, 0.717) is 17.8 Å². The number of nitrogens with zero attached hydrogens (tertiary/aromatic N) is 1. The van der Waals surface area contributed by atoms with E-state index in [2.05, 4.69) is 150 Å². The van der Waals surface area contributed by atoms with E-state index in [1.807, 2.05) is 0 Å². The van der Waals surface area contributed by atoms with E-state index in [1.165, 1.54) is 33.2 Å². The molecule has 4 rings (SSSR count). The summed E-state index contributed by atoms with van der Waals surface area (Å²) in [6, 6.07) is 30.1. The Labute approximate surface area is 229 Å². The summed E-state index contributed by atoms with van der Waals surface area (Å²) in [5, 5.41) is 6.49. The maximum Gasteiger partial charge on any atom is 0.0940 e. The molecule has 3 aromatic carbocycles. The van der Waals surface area contributed by atoms with Crippen LogP contribution in [0.15, 0.2) is 109 Å². The number of benzene rings is 3. The SMILES string of the molecule is C/C=C\C[C@@H](/C(=C/C(C)C)NC(c1cccc(-c2cccc3ccccc23)n1)c1ccccc1C)C(C)C. The van der Waals surface area contributed by atoms with Gasteiger partial charge >= 0.3 is 0 Å². The average Bonchev–Trinajstić information content (AvgIpc) is 2.91. The molecule has 0 aliphatic rings. The van der Waals surface area contributed by atoms with Gasteiger partial charge in [0.1, 0.15) is 0 Å². The Morgan fingerprint density at radius 1 is 0.842 bits per heavy atom. The lowest BCUT2D eigenvalue weighted by molar-refractivity contribution is 0.408. The number of nitrogens with one attached hydrogen (secondary N) is 1. The molecule has 0 bridgehead atoms. The Balaban J connectivity index is 1.84. The molecule has 1 N–H and O–H groups in total. The van der Waals surface area contributed by atoms with E-state index >= 15 is 0 Å². The largest absolute Gasteiger partial charge is 0.376 e. The van der Waals surface area contributed by atoms with E-state index in [4.69, 9.17) is 4.98 Å². The van der Waals surface area contributed by atoms with Crippen LogP contribution in [0.3, 0.4) is 0 Å². The first-order chi connectivity index (χ1) is 18.4. The summed E-state index contributed by atoms with van der Waals surface area (Å²) < 4.78 is 0. The first kappa shape index (κ1) is 27.4. The summed E-state index contributed by atoms with van der Waals surface area (Å²) in [7, 11) is 0. The zero-order valence-corrected chi connectivity index (χ0v) is 23.8. The van der Waals surface area contributed by atoms with Gasteiger partial charge in [0.25, 0.3) is 0 Å². The molecule has 2 heteroatoms. The minimum atomic E-state index is -0.0528. The second-order valence-electron chi connectivity index (χ2n) is 10.9. The van der Waals surface area contributed by atoms with Gasteiger partial charge in [-0.1, -0.05) is 119 Å². The fraction of sp³-hybridized carbons (Fsp3) is 0.306. The van der Waals surface area contributed by atoms with Crippen LogP contribution in [0.1, 0.15) is 63.9 Å². The van der Waals surface area contributed by atoms with Crippen molar-refractivity contribution in [1.82, 2.24) is 10.3 Å². The van der Waals surface area contributed by atoms with E-state index < -0.39 is 0 Å². The lowest BCUT2D eigenvalue weighted by atomic mass is 9.86. The Kier molecular flexibility index (Phi) is 9.18. The third-order valence-corrected chi connectivity index (χ3v) is 7.29. The fourth-order valence-electron chi connectivity index (χ4n) is 5.28. The molecule has 0 fully saturated rings. The van der Waals surface area contributed by atoms with Crippen molar-refractivity contribution >= 4 is 10.8 Å². The molecule has 0 saturated heterocycles. The minimum Gasteiger partial charge on any atom is -0.376 e. The maximum absolute atomic E-state index is 5.31. The van der Waals surface area contributed by atoms with E-state index in [0.717, 1.165) is 17.8 Å². The number of allylic oxidation sites excluding steroid dienone is 4. The van der Waals surface area contributed by atoms with E-state index in [-0.39, 0.29) is 6.04 Å². The molecular formula is C36H42N2. The fourth-order valence-corrected chi connectivity index (χ4v) is 5.28. The highest BCUT2D eigenvalue weighted by Gasteiger charge is 2.24. The van der Waals surface area contributed by atoms with Crippen LogP contribution >= 0.6 is 0 Å². The maximum atomic E-state index is 5.31. The molecule has 196 valence electrons. The van der Waals surface area contributed by atoms with Crippen molar-refractivity contribution in [2.75, 3.05) is 0 Å². The van der Waals surface area contributed by atoms with Gasteiger partial charge in [-0.2, -0.15) is 0 Å². The summed E-state index contributed by atoms with van der Waals surface area (Å²) in [6.45, 7) is 13.5. The monoisotopic (exact) mass is 502 g/mol. The van der Waals surface area contributed by atoms with Crippen molar-refractivity contribution in [3.05, 3.63) is 126 Å². The molecule has 4 aromatic rings. The Morgan fingerprint density at radius 3 is 2.29 bits per heavy atom. The number of rotatable bonds is 10. The van der Waals surface area contributed by atoms with Gasteiger partial charge in [0, 0.05) is 17.2 Å². The first-order valence-corrected chi connectivity index (χ1v) is 14.0. The van der Waals surface area contributed by atoms with Gasteiger partial charge in [0.05, 0.1) is 17.4 Å². The summed E-state index contributed by atoms with van der Waals surface area (Å²) in [6.07, 6.45) is 7.89. The molecule has 1 heterocycles. The third kappa shape index (κ3) is 6.42. The smallest absolute Gasteiger partial charge is 0.0940 e. The molecule has 2 nitrogen and oxygen atoms in total. The number of hydrogen-bond donors (Lipinski definition) is 1. The number of hydrogen-bond acceptors (Lipinski definition) is 2. The van der Waals surface area contributed by atoms with Crippen LogP contribution in [-0.4, -0.2) is 4.98 Å². The number of pyridine rings is 1. The molecule has 0 aliphatic carbocycles. The highest BCUT2D eigenvalue weighted by atomic mass is 15.0. The van der Waals surface area contributed by atoms with Crippen LogP contribution in [0.4, 0.5) is 0 Å². The second-order valence-corrected chi connectivity index (χ2v) is 10.9. The Morgan fingerprint density at radius 2 is 1.55 bits per heavy atom. The molecule has 38 heavy (non-hydrogen) atoms. The standard InChI is InChI=1S/C36H42N2/c1-7-8-18-29(26(4)5)35(24-25(2)3)38-36(30-19-11-9-15-27(30)6)34-23-14-22-33(37-34)32-21-13-17-28-16-10-12-20-31(28)32/h7-17,19-26,29,36,38H,18H2,1-6H3/b8-7-,35-24-/t29-,36?/m1/s1. The van der Waals surface area contributed by atoms with Crippen molar-refractivity contribution in [2.24, 2.45) is 17.8 Å². The zero-order chi connectivity index (χ0) is 27.1. The second kappa shape index (κ2) is 12.7. The quantitative estimate of drug-likeness (QED) is 0.218. The summed E-state index contributed by atoms with van der Waals surface area (Å²) in [5.74, 6) is 1.36. The number of aromatic nitrogens is 1. The molecule has 0 radical (unpaired) electrons. The lowest BCUT2D eigenvalue weighted by Crippen LogP contribution is -2.30. The van der Waals surface area contributed by atoms with Gasteiger partial charge in [-0.15, -0.1) is 0 Å². The van der Waals surface area contributed by atoms with Crippen LogP contribution in [0.5, 0.6) is 0 Å². The van der Waals surface area contributed by atoms with Crippen LogP contribution in [0.2, 0.25) is 0 Å². The van der Waals surface area contributed by atoms with Crippen LogP contribution in [0.25, 0.3) is 22.0 Å². The summed E-state index contributed by atoms with van der Waals surface area (Å²) in [4.78, 5) is 5.31. The molecule has 1 aromatic heterocycles. The van der Waals surface area contributed by atoms with Crippen LogP contribution in [0, 0.1) is 24.7 Å². The predicted molar refractivity (Wildman–Crippen MR) is 164 cm³/mol. The van der Waals surface area contributed by atoms with Crippen molar-refractivity contribution in [3.8, 4) is 11.3 Å². The van der Waals surface area contributed by atoms with Crippen molar-refractivity contribution < 1.29 is 0 Å². The van der Waals surface area contributed by atoms with E-state index in [9.17, 15) is 0 Å². The van der Waals surface area contributed by atoms with Gasteiger partial charge in [0.15, 0.2) is 0 Å². The highest BCUT2D eigenvalue weighted by Crippen LogP contribution is 2.33. The van der Waals surface area contributed by atoms with Crippen molar-refractivity contribution in [2.45, 2.75) is 54.0 Å². The molecular weight excluding hydrogens is 460 g/mol. The number of fused-ring (bicyclic) bond motifs is 1. The van der Waals surface area contributed by atoms with Crippen molar-refractivity contribution in [1.29, 1.82) is 0 Å². The summed E-state index contributed by atoms with van der Waals surface area (Å²) in [5.41, 5.74) is 7.04. The molecule has 1 unspecified atom stereocenters. The molecule has 0 aliphatic heterocycles. The first-order valence-electron chi connectivity index (χ1n) is 14.0.